The Hall–Kier alpha value is -3.41. The zero-order valence-electron chi connectivity index (χ0n) is 16.9. The Kier molecular flexibility index (Phi) is 5.05. The smallest absolute Gasteiger partial charge is 0.272 e. The fourth-order valence-corrected chi connectivity index (χ4v) is 4.29. The molecule has 2 aliphatic rings. The second-order valence-corrected chi connectivity index (χ2v) is 7.81. The van der Waals surface area contributed by atoms with Crippen LogP contribution in [0.1, 0.15) is 21.6 Å². The normalized spacial score (nSPS) is 16.3. The number of nitrogens with zero attached hydrogens (tertiary/aromatic N) is 5. The number of hydrogen-bond donors (Lipinski definition) is 0. The van der Waals surface area contributed by atoms with Crippen LogP contribution in [0.5, 0.6) is 0 Å². The van der Waals surface area contributed by atoms with Gasteiger partial charge in [0.2, 0.25) is 0 Å². The Balaban J connectivity index is 1.26. The summed E-state index contributed by atoms with van der Waals surface area (Å²) in [6.07, 6.45) is 4.59. The van der Waals surface area contributed by atoms with Crippen molar-refractivity contribution in [2.75, 3.05) is 42.5 Å². The SMILES string of the molecule is O=C(c1cc(N2CCc3ccccc3C2)ccn1)N1CCN(c2ccccn2)CC1. The van der Waals surface area contributed by atoms with Crippen molar-refractivity contribution in [1.82, 2.24) is 14.9 Å². The molecule has 0 aliphatic carbocycles. The Morgan fingerprint density at radius 2 is 1.57 bits per heavy atom. The third kappa shape index (κ3) is 3.73. The number of benzene rings is 1. The van der Waals surface area contributed by atoms with E-state index < -0.39 is 0 Å². The average Bonchev–Trinajstić information content (AvgIpc) is 2.84. The summed E-state index contributed by atoms with van der Waals surface area (Å²) in [5, 5.41) is 0. The highest BCUT2D eigenvalue weighted by molar-refractivity contribution is 5.93. The summed E-state index contributed by atoms with van der Waals surface area (Å²) in [7, 11) is 0. The van der Waals surface area contributed by atoms with E-state index in [2.05, 4.69) is 44.0 Å². The quantitative estimate of drug-likeness (QED) is 0.678. The van der Waals surface area contributed by atoms with Gasteiger partial charge in [-0.2, -0.15) is 0 Å². The van der Waals surface area contributed by atoms with Gasteiger partial charge in [0, 0.05) is 57.3 Å². The number of fused-ring (bicyclic) bond motifs is 1. The van der Waals surface area contributed by atoms with Crippen LogP contribution in [0.2, 0.25) is 0 Å². The van der Waals surface area contributed by atoms with Gasteiger partial charge in [0.25, 0.3) is 5.91 Å². The molecule has 0 atom stereocenters. The van der Waals surface area contributed by atoms with E-state index in [1.165, 1.54) is 11.1 Å². The predicted molar refractivity (Wildman–Crippen MR) is 118 cm³/mol. The monoisotopic (exact) mass is 399 g/mol. The van der Waals surface area contributed by atoms with E-state index in [9.17, 15) is 4.79 Å². The van der Waals surface area contributed by atoms with E-state index in [4.69, 9.17) is 0 Å². The topological polar surface area (TPSA) is 52.6 Å². The van der Waals surface area contributed by atoms with Crippen LogP contribution in [0.4, 0.5) is 11.5 Å². The first-order valence-corrected chi connectivity index (χ1v) is 10.5. The van der Waals surface area contributed by atoms with Crippen LogP contribution in [0, 0.1) is 0 Å². The van der Waals surface area contributed by atoms with E-state index in [0.29, 0.717) is 18.8 Å². The molecule has 1 fully saturated rings. The van der Waals surface area contributed by atoms with Crippen molar-refractivity contribution in [3.05, 3.63) is 83.8 Å². The second-order valence-electron chi connectivity index (χ2n) is 7.81. The minimum atomic E-state index is 0.00919. The molecule has 5 rings (SSSR count). The molecule has 0 bridgehead atoms. The molecule has 1 amide bonds. The molecule has 0 N–H and O–H groups in total. The van der Waals surface area contributed by atoms with Crippen LogP contribution in [0.3, 0.4) is 0 Å². The van der Waals surface area contributed by atoms with Gasteiger partial charge in [0.15, 0.2) is 0 Å². The lowest BCUT2D eigenvalue weighted by Gasteiger charge is -2.35. The summed E-state index contributed by atoms with van der Waals surface area (Å²) in [5.74, 6) is 0.977. The van der Waals surface area contributed by atoms with Crippen molar-refractivity contribution >= 4 is 17.4 Å². The molecule has 0 radical (unpaired) electrons. The number of piperazine rings is 1. The maximum absolute atomic E-state index is 13.1. The van der Waals surface area contributed by atoms with Gasteiger partial charge < -0.3 is 14.7 Å². The lowest BCUT2D eigenvalue weighted by atomic mass is 9.99. The zero-order valence-corrected chi connectivity index (χ0v) is 16.9. The Labute approximate surface area is 176 Å². The highest BCUT2D eigenvalue weighted by atomic mass is 16.2. The van der Waals surface area contributed by atoms with Gasteiger partial charge in [0.1, 0.15) is 11.5 Å². The van der Waals surface area contributed by atoms with Gasteiger partial charge in [-0.05, 0) is 41.8 Å². The first-order chi connectivity index (χ1) is 14.8. The molecule has 0 unspecified atom stereocenters. The molecule has 2 aliphatic heterocycles. The van der Waals surface area contributed by atoms with E-state index in [0.717, 1.165) is 44.1 Å². The number of hydrogen-bond acceptors (Lipinski definition) is 5. The van der Waals surface area contributed by atoms with E-state index in [1.807, 2.05) is 35.2 Å². The molecule has 30 heavy (non-hydrogen) atoms. The summed E-state index contributed by atoms with van der Waals surface area (Å²) < 4.78 is 0. The molecule has 2 aromatic heterocycles. The maximum atomic E-state index is 13.1. The Morgan fingerprint density at radius 3 is 2.37 bits per heavy atom. The average molecular weight is 399 g/mol. The summed E-state index contributed by atoms with van der Waals surface area (Å²) in [6, 6.07) is 18.5. The Morgan fingerprint density at radius 1 is 0.767 bits per heavy atom. The molecule has 0 spiro atoms. The summed E-state index contributed by atoms with van der Waals surface area (Å²) in [6.45, 7) is 4.75. The fourth-order valence-electron chi connectivity index (χ4n) is 4.29. The number of pyridine rings is 2. The molecule has 1 aromatic carbocycles. The molecule has 6 heteroatoms. The van der Waals surface area contributed by atoms with E-state index in [1.54, 1.807) is 12.4 Å². The van der Waals surface area contributed by atoms with Crippen molar-refractivity contribution in [1.29, 1.82) is 0 Å². The summed E-state index contributed by atoms with van der Waals surface area (Å²) in [5.41, 5.74) is 4.37. The van der Waals surface area contributed by atoms with Gasteiger partial charge >= 0.3 is 0 Å². The van der Waals surface area contributed by atoms with Gasteiger partial charge in [-0.25, -0.2) is 4.98 Å². The number of aromatic nitrogens is 2. The van der Waals surface area contributed by atoms with Crippen LogP contribution in [-0.2, 0) is 13.0 Å². The summed E-state index contributed by atoms with van der Waals surface area (Å²) >= 11 is 0. The van der Waals surface area contributed by atoms with Gasteiger partial charge in [-0.1, -0.05) is 30.3 Å². The van der Waals surface area contributed by atoms with Crippen molar-refractivity contribution < 1.29 is 4.79 Å². The first kappa shape index (κ1) is 18.6. The lowest BCUT2D eigenvalue weighted by Crippen LogP contribution is -2.49. The molecule has 0 saturated carbocycles. The number of anilines is 2. The number of rotatable bonds is 3. The Bertz CT molecular complexity index is 1030. The van der Waals surface area contributed by atoms with Crippen LogP contribution >= 0.6 is 0 Å². The van der Waals surface area contributed by atoms with Crippen molar-refractivity contribution in [2.24, 2.45) is 0 Å². The molecule has 3 aromatic rings. The lowest BCUT2D eigenvalue weighted by molar-refractivity contribution is 0.0740. The van der Waals surface area contributed by atoms with Crippen LogP contribution in [-0.4, -0.2) is 53.5 Å². The third-order valence-corrected chi connectivity index (χ3v) is 6.00. The molecule has 6 nitrogen and oxygen atoms in total. The van der Waals surface area contributed by atoms with Gasteiger partial charge in [-0.3, -0.25) is 9.78 Å². The highest BCUT2D eigenvalue weighted by Gasteiger charge is 2.24. The van der Waals surface area contributed by atoms with Gasteiger partial charge in [0.05, 0.1) is 0 Å². The first-order valence-electron chi connectivity index (χ1n) is 10.5. The van der Waals surface area contributed by atoms with Gasteiger partial charge in [-0.15, -0.1) is 0 Å². The van der Waals surface area contributed by atoms with Crippen molar-refractivity contribution in [3.8, 4) is 0 Å². The molecule has 152 valence electrons. The minimum absolute atomic E-state index is 0.00919. The third-order valence-electron chi connectivity index (χ3n) is 6.00. The molecule has 1 saturated heterocycles. The molecular weight excluding hydrogens is 374 g/mol. The van der Waals surface area contributed by atoms with Crippen LogP contribution < -0.4 is 9.80 Å². The predicted octanol–water partition coefficient (Wildman–Crippen LogP) is 3.00. The molecule has 4 heterocycles. The largest absolute Gasteiger partial charge is 0.367 e. The minimum Gasteiger partial charge on any atom is -0.367 e. The summed E-state index contributed by atoms with van der Waals surface area (Å²) in [4.78, 5) is 28.3. The standard InChI is InChI=1S/C24H25N5O/c30-24(28-15-13-27(14-16-28)23-7-3-4-10-26-23)22-17-21(8-11-25-22)29-12-9-19-5-1-2-6-20(19)18-29/h1-8,10-11,17H,9,12-16,18H2. The number of carbonyl (C=O) groups is 1. The number of amides is 1. The van der Waals surface area contributed by atoms with E-state index >= 15 is 0 Å². The highest BCUT2D eigenvalue weighted by Crippen LogP contribution is 2.25. The van der Waals surface area contributed by atoms with Crippen LogP contribution in [0.25, 0.3) is 0 Å². The van der Waals surface area contributed by atoms with E-state index in [-0.39, 0.29) is 5.91 Å². The maximum Gasteiger partial charge on any atom is 0.272 e. The number of carbonyl (C=O) groups excluding carboxylic acids is 1. The van der Waals surface area contributed by atoms with Crippen molar-refractivity contribution in [2.45, 2.75) is 13.0 Å². The second kappa shape index (κ2) is 8.14. The molecular formula is C24H25N5O. The zero-order chi connectivity index (χ0) is 20.3. The van der Waals surface area contributed by atoms with Crippen molar-refractivity contribution in [3.63, 3.8) is 0 Å². The fraction of sp³-hybridized carbons (Fsp3) is 0.292. The van der Waals surface area contributed by atoms with Crippen LogP contribution in [0.15, 0.2) is 67.0 Å².